The maximum absolute atomic E-state index is 4.47. The quantitative estimate of drug-likeness (QED) is 0.801. The molecule has 0 atom stereocenters. The Bertz CT molecular complexity index is 363. The fourth-order valence-electron chi connectivity index (χ4n) is 1.15. The van der Waals surface area contributed by atoms with Gasteiger partial charge in [-0.15, -0.1) is 0 Å². The molecule has 0 amide bonds. The van der Waals surface area contributed by atoms with E-state index in [2.05, 4.69) is 15.3 Å². The number of likely N-dealkylation sites (N-methyl/N-ethyl adjacent to an activating group) is 1. The van der Waals surface area contributed by atoms with Gasteiger partial charge >= 0.3 is 0 Å². The molecule has 2 aromatic rings. The first kappa shape index (κ1) is 8.59. The van der Waals surface area contributed by atoms with Crippen LogP contribution in [-0.2, 0) is 6.42 Å². The zero-order valence-corrected chi connectivity index (χ0v) is 8.27. The van der Waals surface area contributed by atoms with Crippen molar-refractivity contribution in [1.82, 2.24) is 15.3 Å². The molecule has 0 spiro atoms. The van der Waals surface area contributed by atoms with Crippen LogP contribution in [0.3, 0.4) is 0 Å². The van der Waals surface area contributed by atoms with Crippen LogP contribution < -0.4 is 5.32 Å². The monoisotopic (exact) mass is 193 g/mol. The molecule has 0 bridgehead atoms. The van der Waals surface area contributed by atoms with Gasteiger partial charge in [0.25, 0.3) is 0 Å². The molecule has 0 unspecified atom stereocenters. The Balaban J connectivity index is 2.28. The average Bonchev–Trinajstić information content (AvgIpc) is 2.57. The summed E-state index contributed by atoms with van der Waals surface area (Å²) in [5.74, 6) is 0. The van der Waals surface area contributed by atoms with Crippen molar-refractivity contribution in [2.45, 2.75) is 6.42 Å². The van der Waals surface area contributed by atoms with E-state index < -0.39 is 0 Å². The smallest absolute Gasteiger partial charge is 0.143 e. The number of thiazole rings is 1. The van der Waals surface area contributed by atoms with Crippen LogP contribution in [0.2, 0.25) is 0 Å². The van der Waals surface area contributed by atoms with Crippen molar-refractivity contribution in [2.75, 3.05) is 13.6 Å². The molecule has 0 saturated heterocycles. The molecule has 0 radical (unpaired) electrons. The van der Waals surface area contributed by atoms with Crippen molar-refractivity contribution in [3.63, 3.8) is 0 Å². The lowest BCUT2D eigenvalue weighted by molar-refractivity contribution is 0.789. The number of pyridine rings is 1. The molecule has 68 valence electrons. The number of fused-ring (bicyclic) bond motifs is 1. The van der Waals surface area contributed by atoms with Crippen molar-refractivity contribution < 1.29 is 0 Å². The maximum Gasteiger partial charge on any atom is 0.143 e. The summed E-state index contributed by atoms with van der Waals surface area (Å²) in [4.78, 5) is 9.75. The van der Waals surface area contributed by atoms with E-state index in [1.165, 1.54) is 0 Å². The third kappa shape index (κ3) is 1.84. The van der Waals surface area contributed by atoms with Crippen LogP contribution in [0.25, 0.3) is 10.3 Å². The molecule has 2 rings (SSSR count). The average molecular weight is 193 g/mol. The highest BCUT2D eigenvalue weighted by Gasteiger charge is 2.02. The predicted octanol–water partition coefficient (Wildman–Crippen LogP) is 1.45. The standard InChI is InChI=1S/C9H11N3S/c1-10-6-4-8-12-7-3-2-5-11-9(7)13-8/h2-3,5,10H,4,6H2,1H3. The van der Waals surface area contributed by atoms with E-state index in [0.29, 0.717) is 0 Å². The van der Waals surface area contributed by atoms with E-state index in [4.69, 9.17) is 0 Å². The molecule has 0 aliphatic carbocycles. The van der Waals surface area contributed by atoms with Gasteiger partial charge in [-0.2, -0.15) is 0 Å². The van der Waals surface area contributed by atoms with Crippen LogP contribution in [0.5, 0.6) is 0 Å². The summed E-state index contributed by atoms with van der Waals surface area (Å²) in [5.41, 5.74) is 1.01. The fraction of sp³-hybridized carbons (Fsp3) is 0.333. The third-order valence-electron chi connectivity index (χ3n) is 1.80. The van der Waals surface area contributed by atoms with Crippen molar-refractivity contribution in [3.05, 3.63) is 23.3 Å². The summed E-state index contributed by atoms with van der Waals surface area (Å²) in [6.07, 6.45) is 2.79. The first-order valence-corrected chi connectivity index (χ1v) is 5.07. The summed E-state index contributed by atoms with van der Waals surface area (Å²) >= 11 is 1.67. The summed E-state index contributed by atoms with van der Waals surface area (Å²) in [5, 5.41) is 4.26. The molecule has 13 heavy (non-hydrogen) atoms. The maximum atomic E-state index is 4.47. The third-order valence-corrected chi connectivity index (χ3v) is 2.84. The summed E-state index contributed by atoms with van der Waals surface area (Å²) < 4.78 is 0. The molecule has 0 aliphatic heterocycles. The van der Waals surface area contributed by atoms with E-state index in [1.54, 1.807) is 11.3 Å². The van der Waals surface area contributed by atoms with Crippen LogP contribution in [0.1, 0.15) is 5.01 Å². The van der Waals surface area contributed by atoms with Gasteiger partial charge in [0.15, 0.2) is 0 Å². The first-order chi connectivity index (χ1) is 6.40. The Morgan fingerprint density at radius 3 is 3.23 bits per heavy atom. The zero-order chi connectivity index (χ0) is 9.10. The van der Waals surface area contributed by atoms with Crippen LogP contribution in [0.15, 0.2) is 18.3 Å². The van der Waals surface area contributed by atoms with E-state index in [1.807, 2.05) is 25.4 Å². The number of hydrogen-bond donors (Lipinski definition) is 1. The summed E-state index contributed by atoms with van der Waals surface area (Å²) in [6, 6.07) is 3.92. The molecular weight excluding hydrogens is 182 g/mol. The summed E-state index contributed by atoms with van der Waals surface area (Å²) in [6.45, 7) is 0.972. The second kappa shape index (κ2) is 3.81. The van der Waals surface area contributed by atoms with Crippen molar-refractivity contribution in [2.24, 2.45) is 0 Å². The van der Waals surface area contributed by atoms with Gasteiger partial charge in [0.05, 0.1) is 5.01 Å². The van der Waals surface area contributed by atoms with E-state index in [9.17, 15) is 0 Å². The van der Waals surface area contributed by atoms with Gasteiger partial charge in [0.1, 0.15) is 10.3 Å². The molecular formula is C9H11N3S. The van der Waals surface area contributed by atoms with Gasteiger partial charge in [0, 0.05) is 19.2 Å². The van der Waals surface area contributed by atoms with E-state index in [0.717, 1.165) is 28.3 Å². The highest BCUT2D eigenvalue weighted by atomic mass is 32.1. The minimum Gasteiger partial charge on any atom is -0.319 e. The fourth-order valence-corrected chi connectivity index (χ4v) is 2.06. The minimum atomic E-state index is 0.972. The largest absolute Gasteiger partial charge is 0.319 e. The number of nitrogens with one attached hydrogen (secondary N) is 1. The Morgan fingerprint density at radius 2 is 2.46 bits per heavy atom. The molecule has 2 heterocycles. The second-order valence-electron chi connectivity index (χ2n) is 2.79. The lowest BCUT2D eigenvalue weighted by Gasteiger charge is -1.91. The van der Waals surface area contributed by atoms with Gasteiger partial charge in [-0.25, -0.2) is 9.97 Å². The number of aromatic nitrogens is 2. The Hall–Kier alpha value is -1.00. The lowest BCUT2D eigenvalue weighted by Crippen LogP contribution is -2.09. The molecule has 1 N–H and O–H groups in total. The molecule has 0 saturated carbocycles. The van der Waals surface area contributed by atoms with E-state index >= 15 is 0 Å². The Kier molecular flexibility index (Phi) is 2.52. The zero-order valence-electron chi connectivity index (χ0n) is 7.45. The van der Waals surface area contributed by atoms with Crippen molar-refractivity contribution in [1.29, 1.82) is 0 Å². The Labute approximate surface area is 80.8 Å². The van der Waals surface area contributed by atoms with Gasteiger partial charge in [-0.05, 0) is 19.2 Å². The molecule has 3 nitrogen and oxygen atoms in total. The minimum absolute atomic E-state index is 0.972. The molecule has 4 heteroatoms. The van der Waals surface area contributed by atoms with Crippen molar-refractivity contribution in [3.8, 4) is 0 Å². The topological polar surface area (TPSA) is 37.8 Å². The van der Waals surface area contributed by atoms with Gasteiger partial charge in [-0.1, -0.05) is 11.3 Å². The number of nitrogens with zero attached hydrogens (tertiary/aromatic N) is 2. The highest BCUT2D eigenvalue weighted by molar-refractivity contribution is 7.18. The SMILES string of the molecule is CNCCc1nc2cccnc2s1. The number of rotatable bonds is 3. The van der Waals surface area contributed by atoms with Crippen molar-refractivity contribution >= 4 is 21.7 Å². The number of hydrogen-bond acceptors (Lipinski definition) is 4. The molecule has 0 fully saturated rings. The van der Waals surface area contributed by atoms with Crippen LogP contribution >= 0.6 is 11.3 Å². The Morgan fingerprint density at radius 1 is 1.54 bits per heavy atom. The van der Waals surface area contributed by atoms with E-state index in [-0.39, 0.29) is 0 Å². The summed E-state index contributed by atoms with van der Waals surface area (Å²) in [7, 11) is 1.95. The predicted molar refractivity (Wildman–Crippen MR) is 55.0 cm³/mol. The van der Waals surface area contributed by atoms with Gasteiger partial charge in [-0.3, -0.25) is 0 Å². The van der Waals surface area contributed by atoms with Crippen LogP contribution in [-0.4, -0.2) is 23.6 Å². The van der Waals surface area contributed by atoms with Crippen LogP contribution in [0, 0.1) is 0 Å². The molecule has 2 aromatic heterocycles. The molecule has 0 aliphatic rings. The second-order valence-corrected chi connectivity index (χ2v) is 3.85. The lowest BCUT2D eigenvalue weighted by atomic mass is 10.4. The van der Waals surface area contributed by atoms with Crippen LogP contribution in [0.4, 0.5) is 0 Å². The van der Waals surface area contributed by atoms with Gasteiger partial charge < -0.3 is 5.32 Å². The normalized spacial score (nSPS) is 10.8. The highest BCUT2D eigenvalue weighted by Crippen LogP contribution is 2.18. The first-order valence-electron chi connectivity index (χ1n) is 4.25. The van der Waals surface area contributed by atoms with Gasteiger partial charge in [0.2, 0.25) is 0 Å². The molecule has 0 aromatic carbocycles.